The van der Waals surface area contributed by atoms with Crippen LogP contribution in [0.15, 0.2) is 18.2 Å². The SMILES string of the molecule is Cc1ccc(N)c(CN)c1.Cl. The van der Waals surface area contributed by atoms with Crippen LogP contribution in [0.25, 0.3) is 0 Å². The van der Waals surface area contributed by atoms with Crippen molar-refractivity contribution < 1.29 is 0 Å². The molecule has 0 saturated carbocycles. The average molecular weight is 173 g/mol. The van der Waals surface area contributed by atoms with Crippen molar-refractivity contribution in [3.8, 4) is 0 Å². The number of nitrogen functional groups attached to an aromatic ring is 1. The first-order valence-corrected chi connectivity index (χ1v) is 3.29. The second kappa shape index (κ2) is 4.21. The van der Waals surface area contributed by atoms with Crippen molar-refractivity contribution in [3.05, 3.63) is 29.3 Å². The van der Waals surface area contributed by atoms with E-state index >= 15 is 0 Å². The summed E-state index contributed by atoms with van der Waals surface area (Å²) in [6.07, 6.45) is 0. The lowest BCUT2D eigenvalue weighted by atomic mass is 10.1. The van der Waals surface area contributed by atoms with Crippen LogP contribution in [-0.4, -0.2) is 0 Å². The molecule has 0 bridgehead atoms. The molecule has 3 heteroatoms. The molecule has 0 radical (unpaired) electrons. The lowest BCUT2D eigenvalue weighted by Crippen LogP contribution is -2.01. The number of benzene rings is 1. The molecule has 1 aromatic rings. The molecule has 0 aliphatic heterocycles. The molecule has 11 heavy (non-hydrogen) atoms. The van der Waals surface area contributed by atoms with Gasteiger partial charge >= 0.3 is 0 Å². The van der Waals surface area contributed by atoms with Crippen molar-refractivity contribution in [2.75, 3.05) is 5.73 Å². The van der Waals surface area contributed by atoms with E-state index in [1.807, 2.05) is 25.1 Å². The molecule has 1 rings (SSSR count). The molecule has 1 aromatic carbocycles. The molecule has 0 unspecified atom stereocenters. The first-order chi connectivity index (χ1) is 4.74. The molecule has 0 atom stereocenters. The van der Waals surface area contributed by atoms with Gasteiger partial charge in [-0.2, -0.15) is 0 Å². The lowest BCUT2D eigenvalue weighted by Gasteiger charge is -2.02. The van der Waals surface area contributed by atoms with Crippen molar-refractivity contribution in [1.29, 1.82) is 0 Å². The third-order valence-electron chi connectivity index (χ3n) is 1.52. The third kappa shape index (κ3) is 2.41. The predicted octanol–water partition coefficient (Wildman–Crippen LogP) is 1.46. The van der Waals surface area contributed by atoms with Gasteiger partial charge in [0.25, 0.3) is 0 Å². The van der Waals surface area contributed by atoms with E-state index in [2.05, 4.69) is 0 Å². The number of rotatable bonds is 1. The fourth-order valence-electron chi connectivity index (χ4n) is 0.911. The monoisotopic (exact) mass is 172 g/mol. The van der Waals surface area contributed by atoms with Gasteiger partial charge in [-0.1, -0.05) is 17.7 Å². The summed E-state index contributed by atoms with van der Waals surface area (Å²) in [5, 5.41) is 0. The smallest absolute Gasteiger partial charge is 0.0359 e. The highest BCUT2D eigenvalue weighted by Crippen LogP contribution is 2.11. The summed E-state index contributed by atoms with van der Waals surface area (Å²) in [5.41, 5.74) is 14.1. The maximum atomic E-state index is 5.62. The van der Waals surface area contributed by atoms with E-state index in [0.29, 0.717) is 6.54 Å². The van der Waals surface area contributed by atoms with Crippen LogP contribution in [0.3, 0.4) is 0 Å². The van der Waals surface area contributed by atoms with Crippen LogP contribution in [0.1, 0.15) is 11.1 Å². The Balaban J connectivity index is 0.000001000. The summed E-state index contributed by atoms with van der Waals surface area (Å²) in [4.78, 5) is 0. The standard InChI is InChI=1S/C8H12N2.ClH/c1-6-2-3-8(10)7(4-6)5-9;/h2-4H,5,9-10H2,1H3;1H. The van der Waals surface area contributed by atoms with Crippen LogP contribution in [0.4, 0.5) is 5.69 Å². The molecule has 2 nitrogen and oxygen atoms in total. The zero-order valence-corrected chi connectivity index (χ0v) is 7.32. The highest BCUT2D eigenvalue weighted by molar-refractivity contribution is 5.85. The summed E-state index contributed by atoms with van der Waals surface area (Å²) < 4.78 is 0. The summed E-state index contributed by atoms with van der Waals surface area (Å²) in [5.74, 6) is 0. The Morgan fingerprint density at radius 3 is 2.45 bits per heavy atom. The molecule has 0 amide bonds. The van der Waals surface area contributed by atoms with E-state index < -0.39 is 0 Å². The van der Waals surface area contributed by atoms with Gasteiger partial charge in [0.15, 0.2) is 0 Å². The van der Waals surface area contributed by atoms with Crippen LogP contribution >= 0.6 is 12.4 Å². The molecule has 62 valence electrons. The zero-order valence-electron chi connectivity index (χ0n) is 6.50. The summed E-state index contributed by atoms with van der Waals surface area (Å²) >= 11 is 0. The fourth-order valence-corrected chi connectivity index (χ4v) is 0.911. The molecular weight excluding hydrogens is 160 g/mol. The Morgan fingerprint density at radius 2 is 2.00 bits per heavy atom. The Hall–Kier alpha value is -0.730. The minimum absolute atomic E-state index is 0. The molecule has 0 spiro atoms. The molecule has 0 fully saturated rings. The van der Waals surface area contributed by atoms with Gasteiger partial charge in [0, 0.05) is 12.2 Å². The van der Waals surface area contributed by atoms with Crippen molar-refractivity contribution in [1.82, 2.24) is 0 Å². The molecule has 4 N–H and O–H groups in total. The first-order valence-electron chi connectivity index (χ1n) is 3.29. The topological polar surface area (TPSA) is 52.0 Å². The highest BCUT2D eigenvalue weighted by Gasteiger charge is 1.94. The van der Waals surface area contributed by atoms with E-state index in [1.54, 1.807) is 0 Å². The van der Waals surface area contributed by atoms with Gasteiger partial charge in [0.05, 0.1) is 0 Å². The minimum atomic E-state index is 0. The van der Waals surface area contributed by atoms with Crippen molar-refractivity contribution >= 4 is 18.1 Å². The number of nitrogens with two attached hydrogens (primary N) is 2. The maximum absolute atomic E-state index is 5.62. The normalized spacial score (nSPS) is 8.91. The van der Waals surface area contributed by atoms with Gasteiger partial charge in [0.1, 0.15) is 0 Å². The second-order valence-electron chi connectivity index (χ2n) is 2.41. The summed E-state index contributed by atoms with van der Waals surface area (Å²) in [7, 11) is 0. The number of hydrogen-bond acceptors (Lipinski definition) is 2. The molecular formula is C8H13ClN2. The average Bonchev–Trinajstić information content (AvgIpc) is 1.94. The Kier molecular flexibility index (Phi) is 3.93. The lowest BCUT2D eigenvalue weighted by molar-refractivity contribution is 1.07. The molecule has 0 aromatic heterocycles. The van der Waals surface area contributed by atoms with Crippen LogP contribution < -0.4 is 11.5 Å². The van der Waals surface area contributed by atoms with Crippen LogP contribution in [0.5, 0.6) is 0 Å². The molecule has 0 heterocycles. The van der Waals surface area contributed by atoms with Gasteiger partial charge in [-0.05, 0) is 18.6 Å². The van der Waals surface area contributed by atoms with E-state index in [0.717, 1.165) is 11.3 Å². The predicted molar refractivity (Wildman–Crippen MR) is 50.7 cm³/mol. The van der Waals surface area contributed by atoms with Gasteiger partial charge in [-0.25, -0.2) is 0 Å². The largest absolute Gasteiger partial charge is 0.398 e. The first kappa shape index (κ1) is 10.3. The van der Waals surface area contributed by atoms with Gasteiger partial charge in [0.2, 0.25) is 0 Å². The minimum Gasteiger partial charge on any atom is -0.398 e. The van der Waals surface area contributed by atoms with Crippen LogP contribution in [-0.2, 0) is 6.54 Å². The molecule has 0 aliphatic rings. The second-order valence-corrected chi connectivity index (χ2v) is 2.41. The number of hydrogen-bond donors (Lipinski definition) is 2. The van der Waals surface area contributed by atoms with Crippen LogP contribution in [0.2, 0.25) is 0 Å². The summed E-state index contributed by atoms with van der Waals surface area (Å²) in [6.45, 7) is 2.55. The van der Waals surface area contributed by atoms with E-state index in [-0.39, 0.29) is 12.4 Å². The van der Waals surface area contributed by atoms with E-state index in [9.17, 15) is 0 Å². The highest BCUT2D eigenvalue weighted by atomic mass is 35.5. The van der Waals surface area contributed by atoms with Crippen molar-refractivity contribution in [2.45, 2.75) is 13.5 Å². The third-order valence-corrected chi connectivity index (χ3v) is 1.52. The maximum Gasteiger partial charge on any atom is 0.0359 e. The van der Waals surface area contributed by atoms with Crippen molar-refractivity contribution in [2.24, 2.45) is 5.73 Å². The summed E-state index contributed by atoms with van der Waals surface area (Å²) in [6, 6.07) is 5.88. The van der Waals surface area contributed by atoms with Gasteiger partial charge < -0.3 is 11.5 Å². The fraction of sp³-hybridized carbons (Fsp3) is 0.250. The number of anilines is 1. The molecule has 0 saturated heterocycles. The Morgan fingerprint density at radius 1 is 1.36 bits per heavy atom. The van der Waals surface area contributed by atoms with E-state index in [4.69, 9.17) is 11.5 Å². The van der Waals surface area contributed by atoms with Gasteiger partial charge in [-0.3, -0.25) is 0 Å². The number of halogens is 1. The number of aryl methyl sites for hydroxylation is 1. The van der Waals surface area contributed by atoms with Gasteiger partial charge in [-0.15, -0.1) is 12.4 Å². The Labute approximate surface area is 73.0 Å². The Bertz CT molecular complexity index is 236. The quantitative estimate of drug-likeness (QED) is 0.631. The van der Waals surface area contributed by atoms with E-state index in [1.165, 1.54) is 5.56 Å². The van der Waals surface area contributed by atoms with Crippen molar-refractivity contribution in [3.63, 3.8) is 0 Å². The van der Waals surface area contributed by atoms with Crippen LogP contribution in [0, 0.1) is 6.92 Å². The molecule has 0 aliphatic carbocycles. The zero-order chi connectivity index (χ0) is 7.56.